The third-order valence-corrected chi connectivity index (χ3v) is 0.586. The number of halogens is 1. The highest BCUT2D eigenvalue weighted by Gasteiger charge is 1.69. The Bertz CT molecular complexity index is 60.0. The molecule has 14 heavy (non-hydrogen) atoms. The summed E-state index contributed by atoms with van der Waals surface area (Å²) in [5, 5.41) is 15.9. The monoisotopic (exact) mass is 230 g/mol. The van der Waals surface area contributed by atoms with Crippen molar-refractivity contribution in [3.63, 3.8) is 0 Å². The molecule has 0 bridgehead atoms. The SMILES string of the molecule is CCCO.CN(C)C.Cl.NCCCO. The van der Waals surface area contributed by atoms with Crippen LogP contribution in [0, 0.1) is 0 Å². The van der Waals surface area contributed by atoms with Crippen LogP contribution in [0.5, 0.6) is 0 Å². The van der Waals surface area contributed by atoms with Gasteiger partial charge in [0.15, 0.2) is 0 Å². The summed E-state index contributed by atoms with van der Waals surface area (Å²) in [6.07, 6.45) is 1.60. The first-order chi connectivity index (χ1) is 6.06. The molecule has 0 rings (SSSR count). The summed E-state index contributed by atoms with van der Waals surface area (Å²) in [7, 11) is 6.00. The van der Waals surface area contributed by atoms with Crippen molar-refractivity contribution in [3.8, 4) is 0 Å². The molecule has 4 N–H and O–H groups in total. The Hall–Kier alpha value is 0.130. The standard InChI is InChI=1S/C3H9NO.C3H9N.C3H8O.ClH/c4-2-1-3-5;1-4(2)3;1-2-3-4;/h5H,1-4H2;1-3H3;4H,2-3H2,1H3;1H. The van der Waals surface area contributed by atoms with Crippen molar-refractivity contribution in [2.24, 2.45) is 5.73 Å². The highest BCUT2D eigenvalue weighted by molar-refractivity contribution is 5.85. The van der Waals surface area contributed by atoms with E-state index >= 15 is 0 Å². The van der Waals surface area contributed by atoms with Gasteiger partial charge in [0, 0.05) is 13.2 Å². The van der Waals surface area contributed by atoms with Crippen molar-refractivity contribution in [3.05, 3.63) is 0 Å². The van der Waals surface area contributed by atoms with Crippen molar-refractivity contribution in [1.29, 1.82) is 0 Å². The van der Waals surface area contributed by atoms with Crippen LogP contribution in [0.4, 0.5) is 0 Å². The lowest BCUT2D eigenvalue weighted by Gasteiger charge is -1.90. The molecule has 0 aliphatic carbocycles. The van der Waals surface area contributed by atoms with E-state index in [0.717, 1.165) is 12.8 Å². The lowest BCUT2D eigenvalue weighted by atomic mass is 10.5. The topological polar surface area (TPSA) is 69.7 Å². The van der Waals surface area contributed by atoms with E-state index in [0.29, 0.717) is 13.2 Å². The Labute approximate surface area is 94.5 Å². The summed E-state index contributed by atoms with van der Waals surface area (Å²) in [5.74, 6) is 0. The molecule has 4 nitrogen and oxygen atoms in total. The number of rotatable bonds is 3. The second-order valence-corrected chi connectivity index (χ2v) is 2.93. The molecule has 0 spiro atoms. The van der Waals surface area contributed by atoms with Gasteiger partial charge in [-0.3, -0.25) is 0 Å². The first kappa shape index (κ1) is 23.7. The zero-order chi connectivity index (χ0) is 11.1. The van der Waals surface area contributed by atoms with Gasteiger partial charge in [-0.1, -0.05) is 6.92 Å². The van der Waals surface area contributed by atoms with Crippen molar-refractivity contribution >= 4 is 12.4 Å². The summed E-state index contributed by atoms with van der Waals surface area (Å²) in [6.45, 7) is 3.06. The maximum absolute atomic E-state index is 7.99. The summed E-state index contributed by atoms with van der Waals surface area (Å²) >= 11 is 0. The molecule has 0 atom stereocenters. The molecule has 0 saturated heterocycles. The zero-order valence-corrected chi connectivity index (χ0v) is 10.7. The first-order valence-electron chi connectivity index (χ1n) is 4.59. The molecule has 0 aromatic rings. The molecular weight excluding hydrogens is 204 g/mol. The van der Waals surface area contributed by atoms with Gasteiger partial charge in [0.2, 0.25) is 0 Å². The predicted octanol–water partition coefficient (Wildman–Crippen LogP) is 0.316. The average Bonchev–Trinajstić information content (AvgIpc) is 2.05. The number of hydrogen-bond donors (Lipinski definition) is 3. The van der Waals surface area contributed by atoms with E-state index in [1.54, 1.807) is 0 Å². The molecule has 0 radical (unpaired) electrons. The number of nitrogens with two attached hydrogens (primary N) is 1. The average molecular weight is 231 g/mol. The fourth-order valence-electron chi connectivity index (χ4n) is 0.0913. The van der Waals surface area contributed by atoms with E-state index in [1.807, 2.05) is 33.0 Å². The van der Waals surface area contributed by atoms with Crippen molar-refractivity contribution in [2.45, 2.75) is 19.8 Å². The van der Waals surface area contributed by atoms with Crippen LogP contribution in [0.3, 0.4) is 0 Å². The Balaban J connectivity index is -0.0000000522. The maximum atomic E-state index is 7.99. The molecule has 0 saturated carbocycles. The van der Waals surface area contributed by atoms with Gasteiger partial charge in [-0.2, -0.15) is 0 Å². The van der Waals surface area contributed by atoms with E-state index < -0.39 is 0 Å². The van der Waals surface area contributed by atoms with Crippen molar-refractivity contribution in [1.82, 2.24) is 4.90 Å². The van der Waals surface area contributed by atoms with E-state index in [-0.39, 0.29) is 19.0 Å². The number of nitrogens with zero attached hydrogens (tertiary/aromatic N) is 1. The van der Waals surface area contributed by atoms with Crippen LogP contribution in [0.25, 0.3) is 0 Å². The third-order valence-electron chi connectivity index (χ3n) is 0.586. The molecule has 92 valence electrons. The Kier molecular flexibility index (Phi) is 49.6. The first-order valence-corrected chi connectivity index (χ1v) is 4.59. The normalized spacial score (nSPS) is 7.71. The smallest absolute Gasteiger partial charge is 0.0443 e. The lowest BCUT2D eigenvalue weighted by molar-refractivity contribution is 0.291. The molecule has 0 unspecified atom stereocenters. The van der Waals surface area contributed by atoms with Crippen LogP contribution in [0.2, 0.25) is 0 Å². The minimum absolute atomic E-state index is 0. The van der Waals surface area contributed by atoms with Gasteiger partial charge in [0.1, 0.15) is 0 Å². The minimum atomic E-state index is 0. The van der Waals surface area contributed by atoms with Crippen LogP contribution in [0.1, 0.15) is 19.8 Å². The number of hydrogen-bond acceptors (Lipinski definition) is 4. The molecular formula is C9H27ClN2O2. The van der Waals surface area contributed by atoms with Gasteiger partial charge in [-0.15, -0.1) is 12.4 Å². The number of aliphatic hydroxyl groups excluding tert-OH is 2. The van der Waals surface area contributed by atoms with E-state index in [2.05, 4.69) is 0 Å². The van der Waals surface area contributed by atoms with Gasteiger partial charge < -0.3 is 20.8 Å². The highest BCUT2D eigenvalue weighted by Crippen LogP contribution is 1.62. The molecule has 0 fully saturated rings. The predicted molar refractivity (Wildman–Crippen MR) is 65.0 cm³/mol. The fourth-order valence-corrected chi connectivity index (χ4v) is 0.0913. The van der Waals surface area contributed by atoms with Crippen LogP contribution in [-0.4, -0.2) is 56.0 Å². The quantitative estimate of drug-likeness (QED) is 0.653. The lowest BCUT2D eigenvalue weighted by Crippen LogP contribution is -1.99. The van der Waals surface area contributed by atoms with Gasteiger partial charge in [-0.05, 0) is 40.5 Å². The fraction of sp³-hybridized carbons (Fsp3) is 1.00. The number of aliphatic hydroxyl groups is 2. The van der Waals surface area contributed by atoms with Crippen LogP contribution >= 0.6 is 12.4 Å². The molecule has 0 aliphatic heterocycles. The van der Waals surface area contributed by atoms with Gasteiger partial charge in [0.05, 0.1) is 0 Å². The van der Waals surface area contributed by atoms with Gasteiger partial charge in [0.25, 0.3) is 0 Å². The van der Waals surface area contributed by atoms with E-state index in [1.165, 1.54) is 0 Å². The largest absolute Gasteiger partial charge is 0.396 e. The van der Waals surface area contributed by atoms with Gasteiger partial charge >= 0.3 is 0 Å². The van der Waals surface area contributed by atoms with Crippen LogP contribution < -0.4 is 5.73 Å². The second kappa shape index (κ2) is 29.2. The summed E-state index contributed by atoms with van der Waals surface area (Å²) < 4.78 is 0. The summed E-state index contributed by atoms with van der Waals surface area (Å²) in [6, 6.07) is 0. The van der Waals surface area contributed by atoms with Crippen LogP contribution in [-0.2, 0) is 0 Å². The molecule has 0 heterocycles. The van der Waals surface area contributed by atoms with Gasteiger partial charge in [-0.25, -0.2) is 0 Å². The molecule has 0 aliphatic rings. The maximum Gasteiger partial charge on any atom is 0.0443 e. The second-order valence-electron chi connectivity index (χ2n) is 2.93. The molecule has 0 aromatic heterocycles. The molecule has 0 aromatic carbocycles. The summed E-state index contributed by atoms with van der Waals surface area (Å²) in [5.41, 5.74) is 4.98. The van der Waals surface area contributed by atoms with E-state index in [9.17, 15) is 0 Å². The highest BCUT2D eigenvalue weighted by atomic mass is 35.5. The summed E-state index contributed by atoms with van der Waals surface area (Å²) in [4.78, 5) is 2.00. The van der Waals surface area contributed by atoms with Crippen molar-refractivity contribution < 1.29 is 10.2 Å². The molecule has 0 amide bonds. The third kappa shape index (κ3) is 153. The minimum Gasteiger partial charge on any atom is -0.396 e. The van der Waals surface area contributed by atoms with Crippen molar-refractivity contribution in [2.75, 3.05) is 40.9 Å². The van der Waals surface area contributed by atoms with Crippen LogP contribution in [0.15, 0.2) is 0 Å². The Morgan fingerprint density at radius 1 is 1.07 bits per heavy atom. The Morgan fingerprint density at radius 3 is 1.36 bits per heavy atom. The zero-order valence-electron chi connectivity index (χ0n) is 9.86. The molecule has 5 heteroatoms. The Morgan fingerprint density at radius 2 is 1.36 bits per heavy atom. The van der Waals surface area contributed by atoms with E-state index in [4.69, 9.17) is 15.9 Å².